The van der Waals surface area contributed by atoms with Crippen LogP contribution in [0.3, 0.4) is 0 Å². The van der Waals surface area contributed by atoms with Gasteiger partial charge in [0, 0.05) is 12.3 Å². The molecule has 0 saturated heterocycles. The molecule has 0 fully saturated rings. The summed E-state index contributed by atoms with van der Waals surface area (Å²) in [5.74, 6) is -0.134. The van der Waals surface area contributed by atoms with Crippen LogP contribution >= 0.6 is 0 Å². The Morgan fingerprint density at radius 1 is 1.60 bits per heavy atom. The largest absolute Gasteiger partial charge is 0.303 e. The number of hydrogen-bond donors (Lipinski definition) is 0. The number of ketones is 1. The highest BCUT2D eigenvalue weighted by Crippen LogP contribution is 1.98. The predicted octanol–water partition coefficient (Wildman–Crippen LogP) is 1.36. The molecule has 0 aromatic heterocycles. The Labute approximate surface area is 60.9 Å². The third-order valence-electron chi connectivity index (χ3n) is 1.11. The van der Waals surface area contributed by atoms with Gasteiger partial charge in [-0.05, 0) is 13.0 Å². The minimum absolute atomic E-state index is 0.0158. The maximum atomic E-state index is 10.8. The number of aldehydes is 1. The van der Waals surface area contributed by atoms with E-state index in [1.807, 2.05) is 0 Å². The van der Waals surface area contributed by atoms with Crippen LogP contribution in [0.5, 0.6) is 0 Å². The van der Waals surface area contributed by atoms with Crippen LogP contribution in [0.2, 0.25) is 0 Å². The lowest BCUT2D eigenvalue weighted by Gasteiger charge is -1.96. The van der Waals surface area contributed by atoms with Crippen molar-refractivity contribution in [3.8, 4) is 0 Å². The molecule has 0 aliphatic rings. The van der Waals surface area contributed by atoms with E-state index in [1.54, 1.807) is 19.9 Å². The van der Waals surface area contributed by atoms with Gasteiger partial charge in [-0.2, -0.15) is 0 Å². The monoisotopic (exact) mass is 140 g/mol. The summed E-state index contributed by atoms with van der Waals surface area (Å²) in [7, 11) is 0. The van der Waals surface area contributed by atoms with Crippen molar-refractivity contribution in [2.75, 3.05) is 0 Å². The van der Waals surface area contributed by atoms with Gasteiger partial charge in [0.25, 0.3) is 0 Å². The van der Waals surface area contributed by atoms with Crippen molar-refractivity contribution < 1.29 is 9.59 Å². The zero-order valence-electron chi connectivity index (χ0n) is 6.33. The van der Waals surface area contributed by atoms with E-state index in [2.05, 4.69) is 0 Å². The van der Waals surface area contributed by atoms with Gasteiger partial charge in [0.15, 0.2) is 5.78 Å². The number of hydrogen-bond acceptors (Lipinski definition) is 2. The topological polar surface area (TPSA) is 34.1 Å². The highest BCUT2D eigenvalue weighted by molar-refractivity contribution is 5.91. The van der Waals surface area contributed by atoms with Crippen LogP contribution in [0.25, 0.3) is 0 Å². The van der Waals surface area contributed by atoms with Gasteiger partial charge in [0.1, 0.15) is 6.29 Å². The van der Waals surface area contributed by atoms with Crippen molar-refractivity contribution in [1.29, 1.82) is 0 Å². The number of rotatable bonds is 4. The van der Waals surface area contributed by atoms with Crippen molar-refractivity contribution in [2.45, 2.75) is 20.3 Å². The Kier molecular flexibility index (Phi) is 4.46. The first-order valence-corrected chi connectivity index (χ1v) is 3.31. The van der Waals surface area contributed by atoms with Gasteiger partial charge in [0.05, 0.1) is 0 Å². The Morgan fingerprint density at radius 3 is 2.60 bits per heavy atom. The molecule has 2 heteroatoms. The van der Waals surface area contributed by atoms with Gasteiger partial charge in [-0.15, -0.1) is 0 Å². The van der Waals surface area contributed by atoms with Crippen LogP contribution < -0.4 is 0 Å². The van der Waals surface area contributed by atoms with E-state index in [4.69, 9.17) is 0 Å². The second-order valence-corrected chi connectivity index (χ2v) is 2.28. The first kappa shape index (κ1) is 9.08. The van der Waals surface area contributed by atoms with Crippen molar-refractivity contribution in [2.24, 2.45) is 5.92 Å². The highest BCUT2D eigenvalue weighted by atomic mass is 16.1. The molecule has 0 radical (unpaired) electrons. The van der Waals surface area contributed by atoms with E-state index in [0.29, 0.717) is 6.42 Å². The standard InChI is InChI=1S/C8H12O2/c1-3-4-8(10)5-7(2)6-9/h3-4,6-7H,5H2,1-2H3. The molecular weight excluding hydrogens is 128 g/mol. The molecule has 0 heterocycles. The first-order chi connectivity index (χ1) is 4.70. The van der Waals surface area contributed by atoms with E-state index in [-0.39, 0.29) is 11.7 Å². The van der Waals surface area contributed by atoms with E-state index in [1.165, 1.54) is 6.08 Å². The maximum Gasteiger partial charge on any atom is 0.156 e. The summed E-state index contributed by atoms with van der Waals surface area (Å²) in [5.41, 5.74) is 0. The van der Waals surface area contributed by atoms with Crippen LogP contribution in [0.4, 0.5) is 0 Å². The lowest BCUT2D eigenvalue weighted by molar-refractivity contribution is -0.119. The number of carbonyl (C=O) groups excluding carboxylic acids is 2. The second-order valence-electron chi connectivity index (χ2n) is 2.28. The molecule has 0 spiro atoms. The molecule has 0 amide bonds. The molecule has 10 heavy (non-hydrogen) atoms. The zero-order valence-corrected chi connectivity index (χ0v) is 6.33. The maximum absolute atomic E-state index is 10.8. The second kappa shape index (κ2) is 4.91. The third kappa shape index (κ3) is 4.01. The summed E-state index contributed by atoms with van der Waals surface area (Å²) in [6.07, 6.45) is 4.29. The fourth-order valence-corrected chi connectivity index (χ4v) is 0.619. The Morgan fingerprint density at radius 2 is 2.20 bits per heavy atom. The minimum atomic E-state index is -0.149. The average molecular weight is 140 g/mol. The van der Waals surface area contributed by atoms with Gasteiger partial charge in [0.2, 0.25) is 0 Å². The Bertz CT molecular complexity index is 147. The van der Waals surface area contributed by atoms with Crippen molar-refractivity contribution in [1.82, 2.24) is 0 Å². The first-order valence-electron chi connectivity index (χ1n) is 3.31. The summed E-state index contributed by atoms with van der Waals surface area (Å²) in [5, 5.41) is 0. The Balaban J connectivity index is 3.67. The van der Waals surface area contributed by atoms with Gasteiger partial charge in [-0.1, -0.05) is 13.0 Å². The quantitative estimate of drug-likeness (QED) is 0.436. The minimum Gasteiger partial charge on any atom is -0.303 e. The average Bonchev–Trinajstić information content (AvgIpc) is 1.88. The number of carbonyl (C=O) groups is 2. The number of allylic oxidation sites excluding steroid dienone is 2. The van der Waals surface area contributed by atoms with Crippen molar-refractivity contribution in [3.05, 3.63) is 12.2 Å². The summed E-state index contributed by atoms with van der Waals surface area (Å²) < 4.78 is 0. The molecule has 0 bridgehead atoms. The van der Waals surface area contributed by atoms with Crippen LogP contribution in [0, 0.1) is 5.92 Å². The summed E-state index contributed by atoms with van der Waals surface area (Å²) in [4.78, 5) is 20.8. The van der Waals surface area contributed by atoms with Gasteiger partial charge >= 0.3 is 0 Å². The van der Waals surface area contributed by atoms with E-state index in [0.717, 1.165) is 6.29 Å². The van der Waals surface area contributed by atoms with Crippen molar-refractivity contribution >= 4 is 12.1 Å². The smallest absolute Gasteiger partial charge is 0.156 e. The Hall–Kier alpha value is -0.920. The lowest BCUT2D eigenvalue weighted by Crippen LogP contribution is -2.03. The summed E-state index contributed by atoms with van der Waals surface area (Å²) in [6, 6.07) is 0. The lowest BCUT2D eigenvalue weighted by atomic mass is 10.1. The van der Waals surface area contributed by atoms with Crippen LogP contribution in [0.1, 0.15) is 20.3 Å². The van der Waals surface area contributed by atoms with Crippen LogP contribution in [-0.4, -0.2) is 12.1 Å². The molecule has 1 atom stereocenters. The molecule has 0 aromatic rings. The fourth-order valence-electron chi connectivity index (χ4n) is 0.619. The third-order valence-corrected chi connectivity index (χ3v) is 1.11. The summed E-state index contributed by atoms with van der Waals surface area (Å²) in [6.45, 7) is 3.51. The van der Waals surface area contributed by atoms with Gasteiger partial charge < -0.3 is 4.79 Å². The molecule has 0 N–H and O–H groups in total. The summed E-state index contributed by atoms with van der Waals surface area (Å²) >= 11 is 0. The van der Waals surface area contributed by atoms with Crippen molar-refractivity contribution in [3.63, 3.8) is 0 Å². The zero-order chi connectivity index (χ0) is 7.98. The van der Waals surface area contributed by atoms with E-state index >= 15 is 0 Å². The molecular formula is C8H12O2. The van der Waals surface area contributed by atoms with E-state index < -0.39 is 0 Å². The molecule has 0 saturated carbocycles. The normalized spacial score (nSPS) is 13.4. The molecule has 1 unspecified atom stereocenters. The molecule has 0 aromatic carbocycles. The van der Waals surface area contributed by atoms with Gasteiger partial charge in [-0.25, -0.2) is 0 Å². The molecule has 0 aliphatic heterocycles. The molecule has 2 nitrogen and oxygen atoms in total. The van der Waals surface area contributed by atoms with E-state index in [9.17, 15) is 9.59 Å². The predicted molar refractivity (Wildman–Crippen MR) is 39.7 cm³/mol. The van der Waals surface area contributed by atoms with Crippen LogP contribution in [-0.2, 0) is 9.59 Å². The van der Waals surface area contributed by atoms with Crippen LogP contribution in [0.15, 0.2) is 12.2 Å². The SMILES string of the molecule is CC=CC(=O)CC(C)C=O. The molecule has 56 valence electrons. The molecule has 0 rings (SSSR count). The fraction of sp³-hybridized carbons (Fsp3) is 0.500. The van der Waals surface area contributed by atoms with Gasteiger partial charge in [-0.3, -0.25) is 4.79 Å². The molecule has 0 aliphatic carbocycles. The highest BCUT2D eigenvalue weighted by Gasteiger charge is 2.03.